The van der Waals surface area contributed by atoms with Gasteiger partial charge in [-0.3, -0.25) is 19.3 Å². The van der Waals surface area contributed by atoms with Crippen molar-refractivity contribution in [2.75, 3.05) is 14.1 Å². The Hall–Kier alpha value is -1.65. The van der Waals surface area contributed by atoms with E-state index in [0.717, 1.165) is 0 Å². The van der Waals surface area contributed by atoms with Crippen LogP contribution in [0.15, 0.2) is 12.2 Å². The summed E-state index contributed by atoms with van der Waals surface area (Å²) in [5, 5.41) is 0. The highest BCUT2D eigenvalue weighted by Crippen LogP contribution is 2.37. The number of hydrogen-bond donors (Lipinski definition) is 0. The average molecular weight is 292 g/mol. The molecule has 0 aromatic carbocycles. The van der Waals surface area contributed by atoms with E-state index in [1.54, 1.807) is 14.1 Å². The van der Waals surface area contributed by atoms with Crippen LogP contribution in [0, 0.1) is 17.8 Å². The molecule has 1 fully saturated rings. The van der Waals surface area contributed by atoms with Crippen molar-refractivity contribution in [1.82, 2.24) is 9.80 Å². The number of allylic oxidation sites excluding steroid dienone is 2. The molecule has 1 saturated heterocycles. The van der Waals surface area contributed by atoms with Gasteiger partial charge in [-0.15, -0.1) is 0 Å². The van der Waals surface area contributed by atoms with E-state index in [9.17, 15) is 14.4 Å². The number of carbonyl (C=O) groups is 3. The Bertz CT molecular complexity index is 456. The summed E-state index contributed by atoms with van der Waals surface area (Å²) < 4.78 is 0. The first-order valence-corrected chi connectivity index (χ1v) is 7.57. The largest absolute Gasteiger partial charge is 0.347 e. The molecule has 2 rings (SSSR count). The first-order chi connectivity index (χ1) is 9.84. The van der Waals surface area contributed by atoms with Crippen LogP contribution in [0.5, 0.6) is 0 Å². The van der Waals surface area contributed by atoms with Gasteiger partial charge >= 0.3 is 0 Å². The topological polar surface area (TPSA) is 57.7 Å². The smallest absolute Gasteiger partial charge is 0.245 e. The summed E-state index contributed by atoms with van der Waals surface area (Å²) >= 11 is 0. The molecule has 21 heavy (non-hydrogen) atoms. The minimum atomic E-state index is -0.661. The number of amides is 3. The van der Waals surface area contributed by atoms with Crippen LogP contribution >= 0.6 is 0 Å². The summed E-state index contributed by atoms with van der Waals surface area (Å²) in [6, 6.07) is -0.661. The van der Waals surface area contributed by atoms with Gasteiger partial charge in [-0.05, 0) is 25.2 Å². The van der Waals surface area contributed by atoms with Gasteiger partial charge in [-0.1, -0.05) is 26.0 Å². The van der Waals surface area contributed by atoms with Crippen LogP contribution in [0.3, 0.4) is 0 Å². The number of fused-ring (bicyclic) bond motifs is 1. The Morgan fingerprint density at radius 3 is 2.05 bits per heavy atom. The minimum absolute atomic E-state index is 0.169. The Kier molecular flexibility index (Phi) is 4.49. The standard InChI is InChI=1S/C16H24N2O3/c1-10(2)9-13(16(21)17(3)4)18-14(19)11-7-5-6-8-12(11)15(18)20/h5-6,10-13H,7-9H2,1-4H3/t11-,12-,13-/m1/s1. The van der Waals surface area contributed by atoms with Gasteiger partial charge in [0, 0.05) is 14.1 Å². The van der Waals surface area contributed by atoms with Gasteiger partial charge in [0.25, 0.3) is 0 Å². The molecule has 0 aromatic heterocycles. The van der Waals surface area contributed by atoms with Crippen molar-refractivity contribution < 1.29 is 14.4 Å². The number of carbonyl (C=O) groups excluding carboxylic acids is 3. The van der Waals surface area contributed by atoms with E-state index in [0.29, 0.717) is 19.3 Å². The van der Waals surface area contributed by atoms with Gasteiger partial charge in [0.05, 0.1) is 11.8 Å². The van der Waals surface area contributed by atoms with Gasteiger partial charge in [-0.25, -0.2) is 0 Å². The predicted molar refractivity (Wildman–Crippen MR) is 79.1 cm³/mol. The number of imide groups is 1. The highest BCUT2D eigenvalue weighted by molar-refractivity contribution is 6.08. The molecule has 116 valence electrons. The highest BCUT2D eigenvalue weighted by Gasteiger charge is 2.51. The average Bonchev–Trinajstić information content (AvgIpc) is 2.68. The molecule has 0 unspecified atom stereocenters. The zero-order chi connectivity index (χ0) is 15.7. The molecule has 3 amide bonds. The summed E-state index contributed by atoms with van der Waals surface area (Å²) in [6.45, 7) is 3.99. The van der Waals surface area contributed by atoms with Crippen molar-refractivity contribution in [3.05, 3.63) is 12.2 Å². The molecular weight excluding hydrogens is 268 g/mol. The second-order valence-corrected chi connectivity index (χ2v) is 6.58. The molecule has 3 atom stereocenters. The second-order valence-electron chi connectivity index (χ2n) is 6.58. The van der Waals surface area contributed by atoms with E-state index in [4.69, 9.17) is 0 Å². The Balaban J connectivity index is 2.29. The summed E-state index contributed by atoms with van der Waals surface area (Å²) in [5.41, 5.74) is 0. The summed E-state index contributed by atoms with van der Waals surface area (Å²) in [7, 11) is 3.32. The molecule has 0 radical (unpaired) electrons. The zero-order valence-corrected chi connectivity index (χ0v) is 13.2. The van der Waals surface area contributed by atoms with E-state index in [1.165, 1.54) is 9.80 Å². The zero-order valence-electron chi connectivity index (χ0n) is 13.2. The van der Waals surface area contributed by atoms with Crippen LogP contribution in [0.1, 0.15) is 33.1 Å². The molecule has 2 aliphatic rings. The molecule has 5 heteroatoms. The molecular formula is C16H24N2O3. The van der Waals surface area contributed by atoms with Gasteiger partial charge in [0.1, 0.15) is 6.04 Å². The molecule has 0 N–H and O–H groups in total. The van der Waals surface area contributed by atoms with Crippen molar-refractivity contribution in [1.29, 1.82) is 0 Å². The van der Waals surface area contributed by atoms with E-state index in [-0.39, 0.29) is 35.5 Å². The second kappa shape index (κ2) is 6.00. The Labute approximate surface area is 126 Å². The molecule has 5 nitrogen and oxygen atoms in total. The maximum Gasteiger partial charge on any atom is 0.245 e. The monoisotopic (exact) mass is 292 g/mol. The van der Waals surface area contributed by atoms with Gasteiger partial charge in [0.15, 0.2) is 0 Å². The van der Waals surface area contributed by atoms with Crippen molar-refractivity contribution in [2.45, 2.75) is 39.2 Å². The lowest BCUT2D eigenvalue weighted by atomic mass is 9.85. The lowest BCUT2D eigenvalue weighted by Gasteiger charge is -2.29. The summed E-state index contributed by atoms with van der Waals surface area (Å²) in [4.78, 5) is 40.3. The quantitative estimate of drug-likeness (QED) is 0.582. The third kappa shape index (κ3) is 2.87. The maximum absolute atomic E-state index is 12.6. The van der Waals surface area contributed by atoms with Gasteiger partial charge in [-0.2, -0.15) is 0 Å². The first kappa shape index (κ1) is 15.7. The van der Waals surface area contributed by atoms with Crippen LogP contribution in [0.4, 0.5) is 0 Å². The van der Waals surface area contributed by atoms with Crippen LogP contribution < -0.4 is 0 Å². The van der Waals surface area contributed by atoms with Crippen LogP contribution in [0.2, 0.25) is 0 Å². The number of nitrogens with zero attached hydrogens (tertiary/aromatic N) is 2. The third-order valence-electron chi connectivity index (χ3n) is 4.27. The molecule has 0 aromatic rings. The van der Waals surface area contributed by atoms with Gasteiger partial charge in [0.2, 0.25) is 17.7 Å². The van der Waals surface area contributed by atoms with Crippen molar-refractivity contribution in [3.8, 4) is 0 Å². The Morgan fingerprint density at radius 1 is 1.19 bits per heavy atom. The van der Waals surface area contributed by atoms with Crippen molar-refractivity contribution in [3.63, 3.8) is 0 Å². The van der Waals surface area contributed by atoms with Gasteiger partial charge < -0.3 is 4.90 Å². The first-order valence-electron chi connectivity index (χ1n) is 7.57. The van der Waals surface area contributed by atoms with Crippen LogP contribution in [0.25, 0.3) is 0 Å². The van der Waals surface area contributed by atoms with E-state index < -0.39 is 6.04 Å². The molecule has 0 bridgehead atoms. The van der Waals surface area contributed by atoms with Crippen LogP contribution in [-0.2, 0) is 14.4 Å². The number of likely N-dealkylation sites (N-methyl/N-ethyl adjacent to an activating group) is 1. The van der Waals surface area contributed by atoms with Crippen molar-refractivity contribution in [2.24, 2.45) is 17.8 Å². The maximum atomic E-state index is 12.6. The highest BCUT2D eigenvalue weighted by atomic mass is 16.2. The summed E-state index contributed by atoms with van der Waals surface area (Å²) in [6.07, 6.45) is 5.65. The normalized spacial score (nSPS) is 26.2. The van der Waals surface area contributed by atoms with E-state index in [2.05, 4.69) is 0 Å². The SMILES string of the molecule is CC(C)C[C@H](C(=O)N(C)C)N1C(=O)[C@@H]2CC=CC[C@H]2C1=O. The van der Waals surface area contributed by atoms with Crippen molar-refractivity contribution >= 4 is 17.7 Å². The lowest BCUT2D eigenvalue weighted by Crippen LogP contribution is -2.50. The fraction of sp³-hybridized carbons (Fsp3) is 0.688. The minimum Gasteiger partial charge on any atom is -0.347 e. The molecule has 1 heterocycles. The Morgan fingerprint density at radius 2 is 1.67 bits per heavy atom. The number of likely N-dealkylation sites (tertiary alicyclic amines) is 1. The van der Waals surface area contributed by atoms with Crippen LogP contribution in [-0.4, -0.2) is 47.7 Å². The number of hydrogen-bond acceptors (Lipinski definition) is 3. The fourth-order valence-corrected chi connectivity index (χ4v) is 3.19. The molecule has 0 spiro atoms. The fourth-order valence-electron chi connectivity index (χ4n) is 3.19. The number of rotatable bonds is 4. The summed E-state index contributed by atoms with van der Waals surface area (Å²) in [5.74, 6) is -0.818. The molecule has 1 aliphatic carbocycles. The lowest BCUT2D eigenvalue weighted by molar-refractivity contribution is -0.151. The molecule has 0 saturated carbocycles. The predicted octanol–water partition coefficient (Wildman–Crippen LogP) is 1.44. The van der Waals surface area contributed by atoms with E-state index in [1.807, 2.05) is 26.0 Å². The third-order valence-corrected chi connectivity index (χ3v) is 4.27. The molecule has 1 aliphatic heterocycles. The van der Waals surface area contributed by atoms with E-state index >= 15 is 0 Å².